The molecule has 172 valence electrons. The fourth-order valence-corrected chi connectivity index (χ4v) is 3.88. The number of carbonyl (C=O) groups is 1. The molecule has 1 aliphatic heterocycles. The summed E-state index contributed by atoms with van der Waals surface area (Å²) >= 11 is 5.98. The van der Waals surface area contributed by atoms with Gasteiger partial charge in [0.2, 0.25) is 0 Å². The molecule has 1 amide bonds. The van der Waals surface area contributed by atoms with Gasteiger partial charge in [-0.2, -0.15) is 0 Å². The first-order valence-corrected chi connectivity index (χ1v) is 11.4. The van der Waals surface area contributed by atoms with Crippen LogP contribution in [0.15, 0.2) is 72.8 Å². The van der Waals surface area contributed by atoms with Crippen LogP contribution in [-0.4, -0.2) is 37.8 Å². The maximum absolute atomic E-state index is 13.1. The van der Waals surface area contributed by atoms with Crippen molar-refractivity contribution in [2.24, 2.45) is 0 Å². The van der Waals surface area contributed by atoms with Crippen molar-refractivity contribution in [2.75, 3.05) is 30.0 Å². The fraction of sp³-hybridized carbons (Fsp3) is 0.269. The second-order valence-corrected chi connectivity index (χ2v) is 7.97. The summed E-state index contributed by atoms with van der Waals surface area (Å²) in [5, 5.41) is 4.04. The summed E-state index contributed by atoms with van der Waals surface area (Å²) in [5.74, 6) is 2.11. The number of β-lactam (4-membered cyclic amide) rings is 1. The maximum atomic E-state index is 13.1. The Balaban J connectivity index is 1.50. The summed E-state index contributed by atoms with van der Waals surface area (Å²) in [6.07, 6.45) is -0.604. The molecular weight excluding hydrogens is 440 g/mol. The van der Waals surface area contributed by atoms with Gasteiger partial charge < -0.3 is 19.5 Å². The number of ether oxygens (including phenoxy) is 3. The lowest BCUT2D eigenvalue weighted by molar-refractivity contribution is -0.134. The summed E-state index contributed by atoms with van der Waals surface area (Å²) in [5.41, 5.74) is 1.74. The van der Waals surface area contributed by atoms with Gasteiger partial charge in [0, 0.05) is 22.9 Å². The number of anilines is 2. The lowest BCUT2D eigenvalue weighted by atomic mass is 9.96. The van der Waals surface area contributed by atoms with Crippen molar-refractivity contribution in [2.45, 2.75) is 26.0 Å². The lowest BCUT2D eigenvalue weighted by Gasteiger charge is -2.46. The van der Waals surface area contributed by atoms with E-state index in [0.29, 0.717) is 30.5 Å². The summed E-state index contributed by atoms with van der Waals surface area (Å²) < 4.78 is 17.1. The molecule has 2 atom stereocenters. The zero-order chi connectivity index (χ0) is 23.2. The van der Waals surface area contributed by atoms with Gasteiger partial charge in [-0.05, 0) is 86.6 Å². The van der Waals surface area contributed by atoms with E-state index in [1.165, 1.54) is 0 Å². The molecule has 6 nitrogen and oxygen atoms in total. The van der Waals surface area contributed by atoms with Crippen molar-refractivity contribution in [3.63, 3.8) is 0 Å². The van der Waals surface area contributed by atoms with Crippen LogP contribution < -0.4 is 24.4 Å². The number of amides is 1. The normalized spacial score (nSPS) is 17.3. The predicted molar refractivity (Wildman–Crippen MR) is 131 cm³/mol. The molecule has 4 rings (SSSR count). The van der Waals surface area contributed by atoms with E-state index in [-0.39, 0.29) is 11.9 Å². The van der Waals surface area contributed by atoms with E-state index in [1.807, 2.05) is 62.4 Å². The Hall–Kier alpha value is -3.38. The van der Waals surface area contributed by atoms with Crippen LogP contribution in [-0.2, 0) is 4.79 Å². The number of nitrogens with one attached hydrogen (secondary N) is 1. The van der Waals surface area contributed by atoms with Crippen molar-refractivity contribution in [1.82, 2.24) is 0 Å². The number of nitrogens with zero attached hydrogens (tertiary/aromatic N) is 1. The number of rotatable bonds is 10. The van der Waals surface area contributed by atoms with Gasteiger partial charge in [0.1, 0.15) is 23.3 Å². The zero-order valence-electron chi connectivity index (χ0n) is 18.7. The quantitative estimate of drug-likeness (QED) is 0.405. The molecule has 0 unspecified atom stereocenters. The van der Waals surface area contributed by atoms with E-state index >= 15 is 0 Å². The van der Waals surface area contributed by atoms with Crippen molar-refractivity contribution >= 4 is 28.9 Å². The topological polar surface area (TPSA) is 60.0 Å². The van der Waals surface area contributed by atoms with Crippen LogP contribution >= 0.6 is 11.6 Å². The Bertz CT molecular complexity index is 1060. The van der Waals surface area contributed by atoms with Crippen molar-refractivity contribution in [3.8, 4) is 17.2 Å². The first-order chi connectivity index (χ1) is 16.1. The van der Waals surface area contributed by atoms with Crippen LogP contribution in [0.1, 0.15) is 13.8 Å². The highest BCUT2D eigenvalue weighted by Crippen LogP contribution is 2.33. The molecule has 0 aromatic heterocycles. The Labute approximate surface area is 199 Å². The van der Waals surface area contributed by atoms with E-state index < -0.39 is 6.10 Å². The largest absolute Gasteiger partial charge is 0.494 e. The van der Waals surface area contributed by atoms with Crippen LogP contribution in [0.25, 0.3) is 0 Å². The highest BCUT2D eigenvalue weighted by Gasteiger charge is 2.50. The molecule has 1 aliphatic rings. The van der Waals surface area contributed by atoms with Gasteiger partial charge in [0.25, 0.3) is 5.91 Å². The van der Waals surface area contributed by atoms with E-state index in [2.05, 4.69) is 5.32 Å². The van der Waals surface area contributed by atoms with Crippen molar-refractivity contribution in [3.05, 3.63) is 77.8 Å². The molecule has 1 heterocycles. The minimum Gasteiger partial charge on any atom is -0.494 e. The van der Waals surface area contributed by atoms with Gasteiger partial charge in [-0.1, -0.05) is 11.6 Å². The predicted octanol–water partition coefficient (Wildman–Crippen LogP) is 5.41. The second kappa shape index (κ2) is 10.5. The lowest BCUT2D eigenvalue weighted by Crippen LogP contribution is -2.69. The first-order valence-electron chi connectivity index (χ1n) is 11.0. The van der Waals surface area contributed by atoms with Gasteiger partial charge in [0.15, 0.2) is 6.10 Å². The second-order valence-electron chi connectivity index (χ2n) is 7.53. The SMILES string of the molecule is CCOc1ccc(NC[C@@H]2[C@@H](Oc3ccc(Cl)cc3)C(=O)N2c2ccc(OCC)cc2)cc1. The third kappa shape index (κ3) is 5.34. The molecule has 0 aliphatic carbocycles. The van der Waals surface area contributed by atoms with Gasteiger partial charge in [-0.3, -0.25) is 9.69 Å². The Morgan fingerprint density at radius 1 is 0.818 bits per heavy atom. The number of carbonyl (C=O) groups excluding carboxylic acids is 1. The molecule has 7 heteroatoms. The first kappa shape index (κ1) is 22.8. The molecule has 33 heavy (non-hydrogen) atoms. The molecule has 1 fully saturated rings. The van der Waals surface area contributed by atoms with Gasteiger partial charge in [-0.25, -0.2) is 0 Å². The van der Waals surface area contributed by atoms with Crippen LogP contribution in [0.3, 0.4) is 0 Å². The molecule has 3 aromatic rings. The number of halogens is 1. The van der Waals surface area contributed by atoms with Crippen molar-refractivity contribution in [1.29, 1.82) is 0 Å². The van der Waals surface area contributed by atoms with E-state index in [1.54, 1.807) is 29.2 Å². The van der Waals surface area contributed by atoms with Crippen molar-refractivity contribution < 1.29 is 19.0 Å². The molecule has 0 radical (unpaired) electrons. The molecule has 3 aromatic carbocycles. The third-order valence-electron chi connectivity index (χ3n) is 5.35. The number of benzene rings is 3. The molecule has 0 spiro atoms. The number of hydrogen-bond acceptors (Lipinski definition) is 5. The minimum absolute atomic E-state index is 0.0902. The molecule has 1 saturated heterocycles. The Morgan fingerprint density at radius 3 is 1.94 bits per heavy atom. The zero-order valence-corrected chi connectivity index (χ0v) is 19.4. The summed E-state index contributed by atoms with van der Waals surface area (Å²) in [7, 11) is 0. The molecule has 0 saturated carbocycles. The third-order valence-corrected chi connectivity index (χ3v) is 5.60. The van der Waals surface area contributed by atoms with Crippen LogP contribution in [0, 0.1) is 0 Å². The maximum Gasteiger partial charge on any atom is 0.270 e. The number of hydrogen-bond donors (Lipinski definition) is 1. The van der Waals surface area contributed by atoms with E-state index in [4.69, 9.17) is 25.8 Å². The Kier molecular flexibility index (Phi) is 7.25. The van der Waals surface area contributed by atoms with Gasteiger partial charge >= 0.3 is 0 Å². The van der Waals surface area contributed by atoms with Gasteiger partial charge in [0.05, 0.1) is 13.2 Å². The van der Waals surface area contributed by atoms with Crippen LogP contribution in [0.2, 0.25) is 5.02 Å². The van der Waals surface area contributed by atoms with E-state index in [9.17, 15) is 4.79 Å². The molecule has 1 N–H and O–H groups in total. The van der Waals surface area contributed by atoms with Crippen LogP contribution in [0.4, 0.5) is 11.4 Å². The fourth-order valence-electron chi connectivity index (χ4n) is 3.75. The smallest absolute Gasteiger partial charge is 0.270 e. The van der Waals surface area contributed by atoms with E-state index in [0.717, 1.165) is 22.9 Å². The summed E-state index contributed by atoms with van der Waals surface area (Å²) in [6.45, 7) is 5.63. The summed E-state index contributed by atoms with van der Waals surface area (Å²) in [4.78, 5) is 14.8. The highest BCUT2D eigenvalue weighted by atomic mass is 35.5. The Morgan fingerprint density at radius 2 is 1.36 bits per heavy atom. The monoisotopic (exact) mass is 466 g/mol. The summed E-state index contributed by atoms with van der Waals surface area (Å²) in [6, 6.07) is 22.1. The molecule has 0 bridgehead atoms. The standard InChI is InChI=1S/C26H27ClN2O4/c1-3-31-21-13-7-19(8-14-21)28-17-24-25(33-23-11-5-18(27)6-12-23)26(30)29(24)20-9-15-22(16-10-20)32-4-2/h5-16,24-25,28H,3-4,17H2,1-2H3/t24-,25-/m1/s1. The average molecular weight is 467 g/mol. The minimum atomic E-state index is -0.604. The van der Waals surface area contributed by atoms with Gasteiger partial charge in [-0.15, -0.1) is 0 Å². The van der Waals surface area contributed by atoms with Crippen LogP contribution in [0.5, 0.6) is 17.2 Å². The average Bonchev–Trinajstić information content (AvgIpc) is 2.83. The molecular formula is C26H27ClN2O4. The highest BCUT2D eigenvalue weighted by molar-refractivity contribution is 6.30.